The van der Waals surface area contributed by atoms with Gasteiger partial charge in [-0.3, -0.25) is 4.79 Å². The zero-order valence-electron chi connectivity index (χ0n) is 14.1. The van der Waals surface area contributed by atoms with E-state index in [9.17, 15) is 4.79 Å². The van der Waals surface area contributed by atoms with Crippen LogP contribution in [-0.2, 0) is 4.79 Å². The topological polar surface area (TPSA) is 58.4 Å². The van der Waals surface area contributed by atoms with Crippen LogP contribution in [0.15, 0.2) is 0 Å². The molecule has 0 rings (SSSR count). The van der Waals surface area contributed by atoms with Crippen molar-refractivity contribution >= 4 is 5.91 Å². The van der Waals surface area contributed by atoms with Crippen molar-refractivity contribution in [1.29, 1.82) is 0 Å². The highest BCUT2D eigenvalue weighted by Crippen LogP contribution is 2.20. The molecule has 0 spiro atoms. The summed E-state index contributed by atoms with van der Waals surface area (Å²) < 4.78 is 0. The highest BCUT2D eigenvalue weighted by Gasteiger charge is 2.14. The smallest absolute Gasteiger partial charge is 0.220 e. The van der Waals surface area contributed by atoms with Crippen LogP contribution < -0.4 is 11.1 Å². The molecule has 4 heteroatoms. The summed E-state index contributed by atoms with van der Waals surface area (Å²) in [5, 5.41) is 3.02. The van der Waals surface area contributed by atoms with Crippen molar-refractivity contribution < 1.29 is 4.79 Å². The van der Waals surface area contributed by atoms with Gasteiger partial charge in [-0.05, 0) is 65.1 Å². The van der Waals surface area contributed by atoms with Gasteiger partial charge in [0.2, 0.25) is 5.91 Å². The average Bonchev–Trinajstić information content (AvgIpc) is 2.38. The molecule has 4 nitrogen and oxygen atoms in total. The van der Waals surface area contributed by atoms with E-state index in [0.717, 1.165) is 32.4 Å². The minimum atomic E-state index is 0.180. The molecule has 1 amide bonds. The highest BCUT2D eigenvalue weighted by atomic mass is 16.1. The number of hydrogen-bond donors (Lipinski definition) is 2. The van der Waals surface area contributed by atoms with Crippen LogP contribution in [0.25, 0.3) is 0 Å². The number of carbonyl (C=O) groups is 1. The lowest BCUT2D eigenvalue weighted by molar-refractivity contribution is -0.121. The summed E-state index contributed by atoms with van der Waals surface area (Å²) in [7, 11) is 2.12. The zero-order chi connectivity index (χ0) is 15.5. The molecule has 3 N–H and O–H groups in total. The summed E-state index contributed by atoms with van der Waals surface area (Å²) in [4.78, 5) is 14.1. The first-order valence-corrected chi connectivity index (χ1v) is 8.05. The fraction of sp³-hybridized carbons (Fsp3) is 0.938. The number of amides is 1. The van der Waals surface area contributed by atoms with E-state index in [1.807, 2.05) is 0 Å². The van der Waals surface area contributed by atoms with Crippen LogP contribution in [0.3, 0.4) is 0 Å². The first kappa shape index (κ1) is 19.4. The summed E-state index contributed by atoms with van der Waals surface area (Å²) in [5.74, 6) is 1.35. The van der Waals surface area contributed by atoms with Gasteiger partial charge in [-0.15, -0.1) is 0 Å². The third-order valence-corrected chi connectivity index (χ3v) is 4.11. The van der Waals surface area contributed by atoms with Crippen molar-refractivity contribution in [3.8, 4) is 0 Å². The van der Waals surface area contributed by atoms with Crippen molar-refractivity contribution in [3.05, 3.63) is 0 Å². The fourth-order valence-electron chi connectivity index (χ4n) is 2.24. The summed E-state index contributed by atoms with van der Waals surface area (Å²) in [6.45, 7) is 11.3. The minimum absolute atomic E-state index is 0.180. The number of hydrogen-bond acceptors (Lipinski definition) is 3. The second-order valence-corrected chi connectivity index (χ2v) is 6.40. The number of nitrogens with one attached hydrogen (secondary N) is 1. The summed E-state index contributed by atoms with van der Waals surface area (Å²) >= 11 is 0. The molecule has 0 heterocycles. The van der Waals surface area contributed by atoms with Gasteiger partial charge < -0.3 is 16.0 Å². The molecule has 0 aromatic heterocycles. The fourth-order valence-corrected chi connectivity index (χ4v) is 2.24. The molecule has 0 radical (unpaired) electrons. The molecule has 0 fully saturated rings. The first-order valence-electron chi connectivity index (χ1n) is 8.05. The van der Waals surface area contributed by atoms with Gasteiger partial charge >= 0.3 is 0 Å². The Morgan fingerprint density at radius 3 is 2.35 bits per heavy atom. The van der Waals surface area contributed by atoms with Crippen LogP contribution in [-0.4, -0.2) is 43.5 Å². The Hall–Kier alpha value is -0.610. The van der Waals surface area contributed by atoms with E-state index in [4.69, 9.17) is 5.73 Å². The van der Waals surface area contributed by atoms with E-state index < -0.39 is 0 Å². The van der Waals surface area contributed by atoms with Gasteiger partial charge in [-0.25, -0.2) is 0 Å². The van der Waals surface area contributed by atoms with Gasteiger partial charge in [0.05, 0.1) is 0 Å². The van der Waals surface area contributed by atoms with E-state index in [1.54, 1.807) is 0 Å². The normalized spacial score (nSPS) is 13.2. The van der Waals surface area contributed by atoms with Crippen molar-refractivity contribution in [3.63, 3.8) is 0 Å². The molecule has 0 aliphatic rings. The monoisotopic (exact) mass is 285 g/mol. The second kappa shape index (κ2) is 11.1. The van der Waals surface area contributed by atoms with E-state index in [2.05, 4.69) is 45.0 Å². The van der Waals surface area contributed by atoms with Crippen LogP contribution >= 0.6 is 0 Å². The third kappa shape index (κ3) is 9.32. The molecule has 0 bridgehead atoms. The van der Waals surface area contributed by atoms with Crippen LogP contribution in [0.2, 0.25) is 0 Å². The first-order chi connectivity index (χ1) is 9.38. The molecule has 0 aliphatic carbocycles. The third-order valence-electron chi connectivity index (χ3n) is 4.11. The molecule has 0 saturated heterocycles. The maximum absolute atomic E-state index is 11.8. The van der Waals surface area contributed by atoms with Gasteiger partial charge in [0.1, 0.15) is 0 Å². The predicted molar refractivity (Wildman–Crippen MR) is 86.6 cm³/mol. The molecule has 120 valence electrons. The number of nitrogens with zero attached hydrogens (tertiary/aromatic N) is 1. The Kier molecular flexibility index (Phi) is 10.8. The van der Waals surface area contributed by atoms with Gasteiger partial charge in [-0.2, -0.15) is 0 Å². The molecule has 20 heavy (non-hydrogen) atoms. The summed E-state index contributed by atoms with van der Waals surface area (Å²) in [6, 6.07) is 0.564. The molecule has 0 aromatic carbocycles. The summed E-state index contributed by atoms with van der Waals surface area (Å²) in [6.07, 6.45) is 3.61. The lowest BCUT2D eigenvalue weighted by Crippen LogP contribution is -2.31. The predicted octanol–water partition coefficient (Wildman–Crippen LogP) is 2.23. The number of carbonyl (C=O) groups excluding carboxylic acids is 1. The maximum Gasteiger partial charge on any atom is 0.220 e. The second-order valence-electron chi connectivity index (χ2n) is 6.40. The van der Waals surface area contributed by atoms with Crippen molar-refractivity contribution in [2.24, 2.45) is 17.6 Å². The maximum atomic E-state index is 11.8. The largest absolute Gasteiger partial charge is 0.356 e. The molecule has 0 aromatic rings. The summed E-state index contributed by atoms with van der Waals surface area (Å²) in [5.41, 5.74) is 5.62. The number of rotatable bonds is 11. The average molecular weight is 285 g/mol. The molecule has 0 saturated carbocycles. The van der Waals surface area contributed by atoms with Gasteiger partial charge in [0.15, 0.2) is 0 Å². The highest BCUT2D eigenvalue weighted by molar-refractivity contribution is 5.75. The lowest BCUT2D eigenvalue weighted by atomic mass is 9.88. The molecular formula is C16H35N3O. The van der Waals surface area contributed by atoms with Crippen molar-refractivity contribution in [2.75, 3.05) is 26.7 Å². The van der Waals surface area contributed by atoms with E-state index in [-0.39, 0.29) is 5.91 Å². The van der Waals surface area contributed by atoms with E-state index >= 15 is 0 Å². The van der Waals surface area contributed by atoms with Crippen LogP contribution in [0.4, 0.5) is 0 Å². The van der Waals surface area contributed by atoms with E-state index in [1.165, 1.54) is 0 Å². The molecule has 0 aliphatic heterocycles. The quantitative estimate of drug-likeness (QED) is 0.572. The lowest BCUT2D eigenvalue weighted by Gasteiger charge is -2.21. The van der Waals surface area contributed by atoms with Crippen LogP contribution in [0.5, 0.6) is 0 Å². The Morgan fingerprint density at radius 1 is 1.20 bits per heavy atom. The van der Waals surface area contributed by atoms with Crippen LogP contribution in [0, 0.1) is 11.8 Å². The molecule has 1 unspecified atom stereocenters. The number of nitrogens with two attached hydrogens (primary N) is 1. The zero-order valence-corrected chi connectivity index (χ0v) is 14.1. The molecular weight excluding hydrogens is 250 g/mol. The van der Waals surface area contributed by atoms with Crippen molar-refractivity contribution in [2.45, 2.75) is 59.4 Å². The van der Waals surface area contributed by atoms with Crippen molar-refractivity contribution in [1.82, 2.24) is 10.2 Å². The van der Waals surface area contributed by atoms with Gasteiger partial charge in [0.25, 0.3) is 0 Å². The van der Waals surface area contributed by atoms with E-state index in [0.29, 0.717) is 30.8 Å². The standard InChI is InChI=1S/C16H35N3O/c1-13(2)15(9-10-17)7-8-16(20)18-11-6-12-19(5)14(3)4/h13-15H,6-12,17H2,1-5H3,(H,18,20). The van der Waals surface area contributed by atoms with Gasteiger partial charge in [0, 0.05) is 19.0 Å². The van der Waals surface area contributed by atoms with Crippen LogP contribution in [0.1, 0.15) is 53.4 Å². The molecule has 1 atom stereocenters. The van der Waals surface area contributed by atoms with Gasteiger partial charge in [-0.1, -0.05) is 13.8 Å². The Labute approximate surface area is 125 Å². The SMILES string of the molecule is CC(C)C(CCN)CCC(=O)NCCCN(C)C(C)C. The Morgan fingerprint density at radius 2 is 1.85 bits per heavy atom. The minimum Gasteiger partial charge on any atom is -0.356 e. The Balaban J connectivity index is 3.72. The Bertz CT molecular complexity index is 254.